The zero-order valence-electron chi connectivity index (χ0n) is 81.4. The van der Waals surface area contributed by atoms with E-state index in [0.717, 1.165) is 32.1 Å². The van der Waals surface area contributed by atoms with E-state index in [1.54, 1.807) is 0 Å². The summed E-state index contributed by atoms with van der Waals surface area (Å²) in [6.45, 7) is 67.6. The van der Waals surface area contributed by atoms with Crippen LogP contribution in [0, 0.1) is 301 Å². The minimum atomic E-state index is -1.01. The van der Waals surface area contributed by atoms with Gasteiger partial charge in [-0.25, -0.2) is 0 Å². The molecule has 4 radical (unpaired) electrons. The van der Waals surface area contributed by atoms with E-state index in [1.807, 2.05) is 55.4 Å². The van der Waals surface area contributed by atoms with Crippen molar-refractivity contribution in [3.63, 3.8) is 0 Å². The molecule has 11 aliphatic rings. The van der Waals surface area contributed by atoms with Crippen LogP contribution in [0.5, 0.6) is 0 Å². The van der Waals surface area contributed by atoms with Crippen molar-refractivity contribution >= 4 is 0 Å². The van der Waals surface area contributed by atoms with Crippen LogP contribution in [-0.2, 0) is 94.7 Å². The summed E-state index contributed by atoms with van der Waals surface area (Å²) in [5.41, 5.74) is 0. The fraction of sp³-hybridized carbons (Fsp3) is 1.00. The van der Waals surface area contributed by atoms with E-state index in [4.69, 9.17) is 94.7 Å². The molecule has 0 aromatic carbocycles. The molecule has 5 N–H and O–H groups in total. The average molecular weight is 2610 g/mol. The summed E-state index contributed by atoms with van der Waals surface area (Å²) in [5.74, 6) is 2.02. The molecule has 11 aliphatic heterocycles. The Bertz CT molecular complexity index is 3010. The van der Waals surface area contributed by atoms with Crippen LogP contribution in [0.3, 0.4) is 0 Å². The SMILES string of the molecule is CCC1O[C@H](C)C(C)[C@@H](C)[C@@H]1O[C@@H]1O[C@@H](C)[C@@H](O[C@H]2O[C@@H](CO)[C@@H](O[C@@H]3OC(C)[C@@H](O)[C@H](C)C3C)C(O)C2C)C(C)C1C.CCC1O[C@H](O[C@@H]2C(C)O[C@@H](O[C@H]3C(O)C(C)[C@@H](O[C@H]4C(C)C(C)[C@H](O[C@@H]5C(CC)O[C@H](C)C(C)[C@H]5C)O[C@H]4C)O[C@H]3CO)C(C)[C@H]2C)C(C)[C@@H](C)[C@@H]1O[C@@H]1O[C@@H](CC)[C@@H](O[C@H]2O[C@@H](CC)[C@@H](C)C(C)C2C)C(C)C1C.[Ac].[Ac].[Ac].[Ac]. The van der Waals surface area contributed by atoms with Gasteiger partial charge in [0, 0.05) is 230 Å². The molecular formula is C94H170Ac4O25. The molecule has 11 rings (SSSR count). The van der Waals surface area contributed by atoms with Crippen molar-refractivity contribution < 1.29 is 297 Å². The normalized spacial score (nSPS) is 52.9. The van der Waals surface area contributed by atoms with Gasteiger partial charge in [-0.05, 0) is 145 Å². The van der Waals surface area contributed by atoms with Crippen molar-refractivity contribution in [1.29, 1.82) is 0 Å². The summed E-state index contributed by atoms with van der Waals surface area (Å²) in [6.07, 6.45) is -8.96. The molecule has 708 valence electrons. The minimum absolute atomic E-state index is 0. The summed E-state index contributed by atoms with van der Waals surface area (Å²) in [7, 11) is 0. The Balaban J connectivity index is 0.000000424. The molecule has 0 bridgehead atoms. The largest absolute Gasteiger partial charge is 0.394 e. The molecule has 0 aromatic rings. The van der Waals surface area contributed by atoms with Crippen molar-refractivity contribution in [2.75, 3.05) is 13.2 Å². The minimum Gasteiger partial charge on any atom is -0.394 e. The molecular weight excluding hydrogens is 2440 g/mol. The van der Waals surface area contributed by atoms with E-state index in [2.05, 4.69) is 166 Å². The molecule has 29 heteroatoms. The molecule has 0 amide bonds. The van der Waals surface area contributed by atoms with Crippen LogP contribution in [0.25, 0.3) is 0 Å². The predicted octanol–water partition coefficient (Wildman–Crippen LogP) is 14.1. The van der Waals surface area contributed by atoms with Crippen LogP contribution in [-0.4, -0.2) is 248 Å². The van der Waals surface area contributed by atoms with Gasteiger partial charge < -0.3 is 120 Å². The van der Waals surface area contributed by atoms with Gasteiger partial charge in [0.1, 0.15) is 24.4 Å². The molecule has 0 saturated carbocycles. The van der Waals surface area contributed by atoms with Gasteiger partial charge in [0.2, 0.25) is 0 Å². The molecule has 123 heavy (non-hydrogen) atoms. The van der Waals surface area contributed by atoms with E-state index in [0.29, 0.717) is 35.5 Å². The van der Waals surface area contributed by atoms with Gasteiger partial charge in [-0.1, -0.05) is 180 Å². The smallest absolute Gasteiger partial charge is 0.163 e. The van der Waals surface area contributed by atoms with Crippen molar-refractivity contribution in [1.82, 2.24) is 0 Å². The van der Waals surface area contributed by atoms with Gasteiger partial charge in [0.05, 0.1) is 141 Å². The van der Waals surface area contributed by atoms with Crippen LogP contribution in [0.2, 0.25) is 0 Å². The molecule has 11 saturated heterocycles. The molecule has 55 atom stereocenters. The first-order chi connectivity index (χ1) is 56.1. The maximum atomic E-state index is 12.0. The van der Waals surface area contributed by atoms with Gasteiger partial charge >= 0.3 is 0 Å². The average Bonchev–Trinajstić information content (AvgIpc) is 0.790. The fourth-order valence-corrected chi connectivity index (χ4v) is 21.5. The zero-order chi connectivity index (χ0) is 87.8. The number of hydrogen-bond acceptors (Lipinski definition) is 25. The van der Waals surface area contributed by atoms with Crippen LogP contribution in [0.4, 0.5) is 0 Å². The monoisotopic (exact) mass is 2610 g/mol. The topological polar surface area (TPSA) is 286 Å². The van der Waals surface area contributed by atoms with Crippen LogP contribution < -0.4 is 0 Å². The number of aliphatic hydroxyl groups excluding tert-OH is 5. The molecule has 0 aromatic heterocycles. The van der Waals surface area contributed by atoms with Crippen molar-refractivity contribution in [3.8, 4) is 0 Å². The van der Waals surface area contributed by atoms with E-state index in [-0.39, 0.29) is 376 Å². The number of aliphatic hydroxyl groups is 5. The first-order valence-electron chi connectivity index (χ1n) is 47.5. The second-order valence-corrected chi connectivity index (χ2v) is 40.1. The van der Waals surface area contributed by atoms with Gasteiger partial charge in [0.15, 0.2) is 56.6 Å². The molecule has 0 aliphatic carbocycles. The second-order valence-electron chi connectivity index (χ2n) is 40.1. The summed E-state index contributed by atoms with van der Waals surface area (Å²) in [6, 6.07) is 0. The van der Waals surface area contributed by atoms with E-state index in [9.17, 15) is 25.5 Å². The molecule has 22 unspecified atom stereocenters. The maximum Gasteiger partial charge on any atom is 0.163 e. The molecule has 11 heterocycles. The van der Waals surface area contributed by atoms with Gasteiger partial charge in [-0.3, -0.25) is 0 Å². The standard InChI is InChI=1S/C61H110O15.C33H60O10.4Ac/c1-22-44-29(7)27(5)35(13)58(67-44)74-53-34(12)39(17)60(69-47(53)25-4)75-54-33(11)38(16)59(68-46(54)24-3)71-50-32(10)37(15)57(66-42(50)20)76-55-48(26-62)70-61(40(18)49(55)63)72-51-31(9)36(14)56(65-43(51)21)73-52-30(8)28(6)41(19)64-45(52)23-2;1-12-24-29(16(4)14(2)21(9)37-24)42-32-19(7)17(5)28(23(11)39-32)41-33-20(8)27(36)30(25(13-34)40-33)43-31-18(6)15(3)26(35)22(10)38-31;;;;/h27-63H,22-26H2,1-21H3;14-36H,12-13H2,1-11H3;;;;/t27?,28?,29-,30+,31?,32+,33+,34?,35?,36?,37?,38?,39?,40?,41+,42?,43-,44-,45?,46?,47-,48-,49?,50-,51-,52-,53-,54-,55+,56-,57-,58+,59+,60-,61+;14?,15-,16-,17?,18?,19?,20?,21-,22?,23+,24?,25+,26+,27?,28+,29+,30-,31+,32+,33-;;;;/m01..../s1. The zero-order valence-corrected chi connectivity index (χ0v) is 100. The third-order valence-corrected chi connectivity index (χ3v) is 32.9. The van der Waals surface area contributed by atoms with Crippen LogP contribution >= 0.6 is 0 Å². The summed E-state index contributed by atoms with van der Waals surface area (Å²) in [4.78, 5) is 0. The first-order valence-corrected chi connectivity index (χ1v) is 47.5. The Morgan fingerprint density at radius 2 is 0.374 bits per heavy atom. The Hall–Kier alpha value is 4.77. The third-order valence-electron chi connectivity index (χ3n) is 32.9. The predicted molar refractivity (Wildman–Crippen MR) is 449 cm³/mol. The van der Waals surface area contributed by atoms with E-state index in [1.165, 1.54) is 0 Å². The van der Waals surface area contributed by atoms with Crippen molar-refractivity contribution in [2.45, 2.75) is 463 Å². The van der Waals surface area contributed by atoms with Crippen LogP contribution in [0.15, 0.2) is 0 Å². The second kappa shape index (κ2) is 51.8. The molecule has 25 nitrogen and oxygen atoms in total. The third kappa shape index (κ3) is 26.1. The number of hydrogen-bond donors (Lipinski definition) is 5. The Kier molecular flexibility index (Phi) is 49.0. The van der Waals surface area contributed by atoms with Gasteiger partial charge in [-0.15, -0.1) is 0 Å². The Morgan fingerprint density at radius 3 is 0.659 bits per heavy atom. The quantitative estimate of drug-likeness (QED) is 0.0568. The van der Waals surface area contributed by atoms with Crippen molar-refractivity contribution in [3.05, 3.63) is 0 Å². The van der Waals surface area contributed by atoms with Crippen molar-refractivity contribution in [2.24, 2.45) is 124 Å². The fourth-order valence-electron chi connectivity index (χ4n) is 21.5. The van der Waals surface area contributed by atoms with Gasteiger partial charge in [0.25, 0.3) is 0 Å². The summed E-state index contributed by atoms with van der Waals surface area (Å²) >= 11 is 0. The van der Waals surface area contributed by atoms with Crippen LogP contribution in [0.1, 0.15) is 254 Å². The summed E-state index contributed by atoms with van der Waals surface area (Å²) in [5, 5.41) is 54.8. The summed E-state index contributed by atoms with van der Waals surface area (Å²) < 4.78 is 132. The van der Waals surface area contributed by atoms with Gasteiger partial charge in [-0.2, -0.15) is 0 Å². The molecule has 0 spiro atoms. The number of rotatable bonds is 25. The van der Waals surface area contributed by atoms with E-state index >= 15 is 0 Å². The molecule has 11 fully saturated rings. The first kappa shape index (κ1) is 116. The van der Waals surface area contributed by atoms with E-state index < -0.39 is 111 Å². The Morgan fingerprint density at radius 1 is 0.171 bits per heavy atom. The Labute approximate surface area is 885 Å². The number of ether oxygens (including phenoxy) is 20. The maximum absolute atomic E-state index is 12.0.